The van der Waals surface area contributed by atoms with Crippen LogP contribution >= 0.6 is 0 Å². The van der Waals surface area contributed by atoms with E-state index in [2.05, 4.69) is 0 Å². The zero-order valence-corrected chi connectivity index (χ0v) is 54.0. The van der Waals surface area contributed by atoms with Gasteiger partial charge in [0.1, 0.15) is 63.1 Å². The SMILES string of the molecule is CC(=O)OC[C@H]1O[C@@H](O[C@H]2[C@H](C)[C@@H](C)[C@H](Oc3cccc(O)c3O)O[C@@H]2COC(C)=O)[C@H](C)[C@@H](OC(C)=O)[C@H]1OC(C)=O.CCOC1(C)Oc2cccc(O[C@@H]3O[C@H](COC(C)=O)[C@@H](O[C@@H]4O[C@H](COC(C)=O)[C@H](OC(C)=O)[C@H](OC(C)=O)[C@H]4C)[C@H](C)[C@H]3C)c2O1. The monoisotopic (exact) mass is 1290 g/mol. The van der Waals surface area contributed by atoms with Crippen molar-refractivity contribution in [2.24, 2.45) is 35.5 Å². The lowest BCUT2D eigenvalue weighted by Gasteiger charge is -2.48. The third-order valence-electron chi connectivity index (χ3n) is 15.8. The van der Waals surface area contributed by atoms with Crippen molar-refractivity contribution in [2.45, 2.75) is 203 Å². The standard InChI is InChI=1S/C33H46O15.C29H40O14/c1-10-40-33(9)47-24-13-11-12-23(29(24)48-33)43-31-17(3)16(2)27(25(44-31)14-38-19(5)34)46-32-18(4)28(41-21(7)36)30(42-22(8)37)26(45-32)15-39-20(6)35;1-13-14(2)28(40-21-10-8-9-20(34)24(21)35)41-22(11-36-16(4)30)25(13)43-29-15(3)26(38-18(6)32)27(39-19(7)33)23(42-29)12-37-17(5)31/h11-13,16-18,25-28,30-32H,10,14-15H2,1-9H3;8-10,13-15,22-23,25-29,34-35H,11-12H2,1-7H3/t16-,17-,18-,25-,26-,27+,28-,30+,31-,32+,33?;13-,14-,15-,22-,23-,25+,26-,27+,28-,29+/m11/s1. The molecule has 0 bridgehead atoms. The molecule has 4 fully saturated rings. The van der Waals surface area contributed by atoms with Crippen molar-refractivity contribution in [1.29, 1.82) is 0 Å². The Morgan fingerprint density at radius 3 is 1.16 bits per heavy atom. The number of carbonyl (C=O) groups is 8. The second-order valence-corrected chi connectivity index (χ2v) is 23.0. The number of rotatable bonds is 22. The summed E-state index contributed by atoms with van der Waals surface area (Å²) >= 11 is 0. The van der Waals surface area contributed by atoms with Crippen LogP contribution in [0.3, 0.4) is 0 Å². The second-order valence-electron chi connectivity index (χ2n) is 23.0. The first kappa shape index (κ1) is 72.8. The summed E-state index contributed by atoms with van der Waals surface area (Å²) in [6.07, 6.45) is -13.4. The number of fused-ring (bicyclic) bond motifs is 1. The van der Waals surface area contributed by atoms with Gasteiger partial charge in [0.2, 0.25) is 24.1 Å². The number of phenolic OH excluding ortho intramolecular Hbond substituents is 2. The molecule has 29 heteroatoms. The summed E-state index contributed by atoms with van der Waals surface area (Å²) in [5, 5.41) is 20.1. The van der Waals surface area contributed by atoms with Crippen molar-refractivity contribution >= 4 is 47.8 Å². The van der Waals surface area contributed by atoms with Gasteiger partial charge in [-0.3, -0.25) is 38.4 Å². The summed E-state index contributed by atoms with van der Waals surface area (Å²) in [7, 11) is 0. The predicted molar refractivity (Wildman–Crippen MR) is 307 cm³/mol. The predicted octanol–water partition coefficient (Wildman–Crippen LogP) is 5.49. The highest BCUT2D eigenvalue weighted by molar-refractivity contribution is 5.69. The smallest absolute Gasteiger partial charge is 0.369 e. The Hall–Kier alpha value is -7.28. The number of ether oxygens (including phenoxy) is 19. The van der Waals surface area contributed by atoms with Crippen LogP contribution in [-0.4, -0.2) is 183 Å². The van der Waals surface area contributed by atoms with Crippen molar-refractivity contribution in [2.75, 3.05) is 33.0 Å². The molecule has 29 nitrogen and oxygen atoms in total. The average molecular weight is 1300 g/mol. The first-order valence-electron chi connectivity index (χ1n) is 30.0. The van der Waals surface area contributed by atoms with Gasteiger partial charge in [-0.2, -0.15) is 0 Å². The summed E-state index contributed by atoms with van der Waals surface area (Å²) in [5.74, 6) is -8.42. The molecular weight excluding hydrogens is 1210 g/mol. The van der Waals surface area contributed by atoms with E-state index in [4.69, 9.17) is 90.0 Å². The van der Waals surface area contributed by atoms with E-state index in [1.807, 2.05) is 34.6 Å². The fourth-order valence-electron chi connectivity index (χ4n) is 11.0. The van der Waals surface area contributed by atoms with Gasteiger partial charge in [0, 0.05) is 86.0 Å². The van der Waals surface area contributed by atoms with Crippen molar-refractivity contribution in [3.05, 3.63) is 36.4 Å². The number of benzene rings is 2. The topological polar surface area (TPSA) is 352 Å². The van der Waals surface area contributed by atoms with E-state index in [9.17, 15) is 48.6 Å². The third-order valence-corrected chi connectivity index (χ3v) is 15.8. The normalized spacial score (nSPS) is 33.2. The van der Waals surface area contributed by atoms with Gasteiger partial charge in [-0.1, -0.05) is 53.7 Å². The summed E-state index contributed by atoms with van der Waals surface area (Å²) in [5.41, 5.74) is 0. The molecule has 2 N–H and O–H groups in total. The van der Waals surface area contributed by atoms with Crippen LogP contribution in [0.5, 0.6) is 34.5 Å². The Balaban J connectivity index is 0.000000291. The molecule has 508 valence electrons. The molecule has 21 atom stereocenters. The van der Waals surface area contributed by atoms with Gasteiger partial charge in [0.15, 0.2) is 47.8 Å². The highest BCUT2D eigenvalue weighted by Gasteiger charge is 2.55. The molecule has 0 radical (unpaired) electrons. The first-order chi connectivity index (χ1) is 42.8. The van der Waals surface area contributed by atoms with Gasteiger partial charge in [0.05, 0.1) is 18.8 Å². The highest BCUT2D eigenvalue weighted by atomic mass is 16.9. The fraction of sp³-hybridized carbons (Fsp3) is 0.677. The Bertz CT molecular complexity index is 2850. The van der Waals surface area contributed by atoms with Gasteiger partial charge in [-0.25, -0.2) is 0 Å². The average Bonchev–Trinajstić information content (AvgIpc) is 1.46. The van der Waals surface area contributed by atoms with E-state index in [0.717, 1.165) is 0 Å². The summed E-state index contributed by atoms with van der Waals surface area (Å²) < 4.78 is 111. The maximum Gasteiger partial charge on any atom is 0.369 e. The molecule has 1 unspecified atom stereocenters. The highest BCUT2D eigenvalue weighted by Crippen LogP contribution is 2.49. The lowest BCUT2D eigenvalue weighted by molar-refractivity contribution is -0.332. The minimum absolute atomic E-state index is 0.00654. The van der Waals surface area contributed by atoms with E-state index < -0.39 is 158 Å². The Morgan fingerprint density at radius 1 is 0.429 bits per heavy atom. The first-order valence-corrected chi connectivity index (χ1v) is 30.0. The summed E-state index contributed by atoms with van der Waals surface area (Å²) in [6.45, 7) is 23.6. The summed E-state index contributed by atoms with van der Waals surface area (Å²) in [6, 6.07) is 9.49. The number of aromatic hydroxyl groups is 2. The quantitative estimate of drug-likeness (QED) is 0.0836. The number of para-hydroxylation sites is 2. The Labute approximate surface area is 527 Å². The van der Waals surface area contributed by atoms with Crippen LogP contribution in [0.1, 0.15) is 111 Å². The molecule has 0 spiro atoms. The van der Waals surface area contributed by atoms with E-state index in [-0.39, 0.29) is 61.6 Å². The van der Waals surface area contributed by atoms with E-state index in [1.54, 1.807) is 39.0 Å². The van der Waals surface area contributed by atoms with Crippen LogP contribution in [0.2, 0.25) is 0 Å². The summed E-state index contributed by atoms with van der Waals surface area (Å²) in [4.78, 5) is 95.0. The largest absolute Gasteiger partial charge is 0.504 e. The molecule has 2 aromatic carbocycles. The molecule has 4 saturated heterocycles. The van der Waals surface area contributed by atoms with Gasteiger partial charge >= 0.3 is 53.7 Å². The Kier molecular flexibility index (Phi) is 25.9. The van der Waals surface area contributed by atoms with E-state index in [0.29, 0.717) is 23.9 Å². The molecule has 5 heterocycles. The Morgan fingerprint density at radius 2 is 0.780 bits per heavy atom. The van der Waals surface area contributed by atoms with Crippen molar-refractivity contribution in [3.63, 3.8) is 0 Å². The van der Waals surface area contributed by atoms with Crippen LogP contribution in [0.4, 0.5) is 0 Å². The molecule has 2 aromatic rings. The minimum Gasteiger partial charge on any atom is -0.504 e. The van der Waals surface area contributed by atoms with Crippen LogP contribution in [0.15, 0.2) is 36.4 Å². The number of phenols is 2. The van der Waals surface area contributed by atoms with Gasteiger partial charge in [-0.15, -0.1) is 0 Å². The zero-order valence-electron chi connectivity index (χ0n) is 54.0. The second kappa shape index (κ2) is 32.3. The fourth-order valence-corrected chi connectivity index (χ4v) is 11.0. The molecule has 7 rings (SSSR count). The third kappa shape index (κ3) is 19.4. The van der Waals surface area contributed by atoms with Crippen LogP contribution in [0.25, 0.3) is 0 Å². The van der Waals surface area contributed by atoms with Crippen LogP contribution < -0.4 is 18.9 Å². The molecule has 5 aliphatic rings. The van der Waals surface area contributed by atoms with E-state index in [1.165, 1.54) is 73.6 Å². The van der Waals surface area contributed by atoms with Crippen LogP contribution in [-0.2, 0) is 109 Å². The molecule has 5 aliphatic heterocycles. The lowest BCUT2D eigenvalue weighted by Crippen LogP contribution is -2.61. The molecule has 0 saturated carbocycles. The molecule has 0 amide bonds. The van der Waals surface area contributed by atoms with Crippen molar-refractivity contribution < 1.29 is 139 Å². The minimum atomic E-state index is -1.32. The molecular formula is C62H86O29. The van der Waals surface area contributed by atoms with Gasteiger partial charge < -0.3 is 100 Å². The van der Waals surface area contributed by atoms with E-state index >= 15 is 0 Å². The van der Waals surface area contributed by atoms with Crippen molar-refractivity contribution in [1.82, 2.24) is 0 Å². The zero-order chi connectivity index (χ0) is 67.3. The maximum atomic E-state index is 12.1. The lowest BCUT2D eigenvalue weighted by atomic mass is 9.84. The number of hydrogen-bond acceptors (Lipinski definition) is 29. The maximum absolute atomic E-state index is 12.1. The molecule has 0 aromatic heterocycles. The number of esters is 8. The van der Waals surface area contributed by atoms with Crippen LogP contribution in [0, 0.1) is 35.5 Å². The van der Waals surface area contributed by atoms with Gasteiger partial charge in [0.25, 0.3) is 0 Å². The van der Waals surface area contributed by atoms with Crippen molar-refractivity contribution in [3.8, 4) is 34.5 Å². The number of hydrogen-bond donors (Lipinski definition) is 2. The van der Waals surface area contributed by atoms with Gasteiger partial charge in [-0.05, 0) is 43.0 Å². The molecule has 0 aliphatic carbocycles. The molecule has 91 heavy (non-hydrogen) atoms. The number of carbonyl (C=O) groups excluding carboxylic acids is 8.